The average Bonchev–Trinajstić information content (AvgIpc) is 2.55. The van der Waals surface area contributed by atoms with Crippen molar-refractivity contribution >= 4 is 11.9 Å². The third-order valence-electron chi connectivity index (χ3n) is 3.48. The van der Waals surface area contributed by atoms with Gasteiger partial charge in [-0.3, -0.25) is 9.59 Å². The number of carbonyl (C=O) groups is 2. The zero-order valence-corrected chi connectivity index (χ0v) is 14.8. The van der Waals surface area contributed by atoms with Gasteiger partial charge < -0.3 is 14.4 Å². The summed E-state index contributed by atoms with van der Waals surface area (Å²) in [5, 5.41) is 0. The van der Waals surface area contributed by atoms with Crippen LogP contribution in [0.15, 0.2) is 24.3 Å². The molecule has 0 fully saturated rings. The number of esters is 1. The normalized spacial score (nSPS) is 12.1. The molecule has 0 spiro atoms. The van der Waals surface area contributed by atoms with E-state index < -0.39 is 11.7 Å². The molecule has 0 aliphatic heterocycles. The predicted molar refractivity (Wildman–Crippen MR) is 89.2 cm³/mol. The van der Waals surface area contributed by atoms with Gasteiger partial charge in [-0.1, -0.05) is 13.0 Å². The first-order chi connectivity index (χ1) is 11.3. The Bertz CT molecular complexity index is 548. The van der Waals surface area contributed by atoms with E-state index >= 15 is 0 Å². The van der Waals surface area contributed by atoms with Crippen LogP contribution in [0.5, 0.6) is 0 Å². The Balaban J connectivity index is 2.78. The molecule has 1 aromatic rings. The van der Waals surface area contributed by atoms with E-state index in [4.69, 9.17) is 9.47 Å². The molecule has 1 atom stereocenters. The zero-order chi connectivity index (χ0) is 18.1. The Morgan fingerprint density at radius 3 is 2.54 bits per heavy atom. The van der Waals surface area contributed by atoms with Gasteiger partial charge >= 0.3 is 5.97 Å². The standard InChI is InChI=1S/C18H26FNO4/c1-13(2)24-10-6-9-20(12-14(3)18(22)23-4)17(21)15-7-5-8-16(19)11-15/h5,7-8,11,13-14H,6,9-10,12H2,1-4H3. The zero-order valence-electron chi connectivity index (χ0n) is 14.8. The van der Waals surface area contributed by atoms with Gasteiger partial charge in [-0.2, -0.15) is 0 Å². The molecule has 6 heteroatoms. The fourth-order valence-corrected chi connectivity index (χ4v) is 2.26. The second-order valence-electron chi connectivity index (χ2n) is 5.96. The van der Waals surface area contributed by atoms with Crippen LogP contribution >= 0.6 is 0 Å². The summed E-state index contributed by atoms with van der Waals surface area (Å²) >= 11 is 0. The Hall–Kier alpha value is -1.95. The number of methoxy groups -OCH3 is 1. The van der Waals surface area contributed by atoms with Gasteiger partial charge in [0.1, 0.15) is 5.82 Å². The SMILES string of the molecule is COC(=O)C(C)CN(CCCOC(C)C)C(=O)c1cccc(F)c1. The van der Waals surface area contributed by atoms with E-state index in [2.05, 4.69) is 0 Å². The van der Waals surface area contributed by atoms with E-state index in [1.54, 1.807) is 17.9 Å². The predicted octanol–water partition coefficient (Wildman–Crippen LogP) is 2.89. The Labute approximate surface area is 142 Å². The van der Waals surface area contributed by atoms with Gasteiger partial charge in [0.05, 0.1) is 19.1 Å². The highest BCUT2D eigenvalue weighted by atomic mass is 19.1. The smallest absolute Gasteiger partial charge is 0.310 e. The highest BCUT2D eigenvalue weighted by Gasteiger charge is 2.22. The van der Waals surface area contributed by atoms with E-state index in [1.165, 1.54) is 25.3 Å². The minimum absolute atomic E-state index is 0.117. The number of rotatable bonds is 9. The molecule has 0 aromatic heterocycles. The van der Waals surface area contributed by atoms with E-state index in [1.807, 2.05) is 13.8 Å². The minimum atomic E-state index is -0.468. The second kappa shape index (κ2) is 10.0. The molecule has 134 valence electrons. The lowest BCUT2D eigenvalue weighted by atomic mass is 10.1. The van der Waals surface area contributed by atoms with E-state index in [-0.39, 0.29) is 30.1 Å². The van der Waals surface area contributed by atoms with E-state index in [0.717, 1.165) is 0 Å². The fourth-order valence-electron chi connectivity index (χ4n) is 2.26. The molecule has 1 rings (SSSR count). The van der Waals surface area contributed by atoms with Crippen molar-refractivity contribution in [3.63, 3.8) is 0 Å². The molecule has 0 saturated carbocycles. The molecule has 1 amide bonds. The van der Waals surface area contributed by atoms with Crippen LogP contribution in [-0.2, 0) is 14.3 Å². The van der Waals surface area contributed by atoms with E-state index in [9.17, 15) is 14.0 Å². The molecule has 0 saturated heterocycles. The summed E-state index contributed by atoms with van der Waals surface area (Å²) in [4.78, 5) is 25.8. The maximum Gasteiger partial charge on any atom is 0.310 e. The van der Waals surface area contributed by atoms with Crippen molar-refractivity contribution in [2.75, 3.05) is 26.8 Å². The van der Waals surface area contributed by atoms with Gasteiger partial charge in [-0.25, -0.2) is 4.39 Å². The van der Waals surface area contributed by atoms with Gasteiger partial charge in [-0.05, 0) is 38.5 Å². The number of ether oxygens (including phenoxy) is 2. The maximum absolute atomic E-state index is 13.4. The summed E-state index contributed by atoms with van der Waals surface area (Å²) < 4.78 is 23.6. The number of carbonyl (C=O) groups excluding carboxylic acids is 2. The van der Waals surface area contributed by atoms with E-state index in [0.29, 0.717) is 19.6 Å². The lowest BCUT2D eigenvalue weighted by Gasteiger charge is -2.25. The first-order valence-corrected chi connectivity index (χ1v) is 8.09. The molecule has 0 heterocycles. The van der Waals surface area contributed by atoms with Gasteiger partial charge in [0, 0.05) is 25.3 Å². The van der Waals surface area contributed by atoms with Crippen molar-refractivity contribution in [3.05, 3.63) is 35.6 Å². The van der Waals surface area contributed by atoms with Crippen LogP contribution in [0.25, 0.3) is 0 Å². The summed E-state index contributed by atoms with van der Waals surface area (Å²) in [5.41, 5.74) is 0.261. The molecule has 0 bridgehead atoms. The second-order valence-corrected chi connectivity index (χ2v) is 5.96. The van der Waals surface area contributed by atoms with Crippen LogP contribution in [0.4, 0.5) is 4.39 Å². The molecule has 1 unspecified atom stereocenters. The lowest BCUT2D eigenvalue weighted by molar-refractivity contribution is -0.145. The van der Waals surface area contributed by atoms with Crippen LogP contribution in [0, 0.1) is 11.7 Å². The molecule has 0 radical (unpaired) electrons. The summed E-state index contributed by atoms with van der Waals surface area (Å²) in [6.07, 6.45) is 0.749. The highest BCUT2D eigenvalue weighted by Crippen LogP contribution is 2.11. The molecule has 5 nitrogen and oxygen atoms in total. The Kier molecular flexibility index (Phi) is 8.40. The molecule has 0 aliphatic carbocycles. The topological polar surface area (TPSA) is 55.8 Å². The van der Waals surface area contributed by atoms with Crippen LogP contribution in [0.2, 0.25) is 0 Å². The summed E-state index contributed by atoms with van der Waals surface area (Å²) in [6.45, 7) is 6.72. The number of benzene rings is 1. The van der Waals surface area contributed by atoms with Crippen molar-refractivity contribution in [2.24, 2.45) is 5.92 Å². The minimum Gasteiger partial charge on any atom is -0.469 e. The molecule has 0 N–H and O–H groups in total. The largest absolute Gasteiger partial charge is 0.469 e. The summed E-state index contributed by atoms with van der Waals surface area (Å²) in [5.74, 6) is -1.62. The van der Waals surface area contributed by atoms with Gasteiger partial charge in [-0.15, -0.1) is 0 Å². The third-order valence-corrected chi connectivity index (χ3v) is 3.48. The Morgan fingerprint density at radius 1 is 1.25 bits per heavy atom. The van der Waals surface area contributed by atoms with Crippen molar-refractivity contribution in [1.29, 1.82) is 0 Å². The molecular formula is C18H26FNO4. The van der Waals surface area contributed by atoms with Crippen molar-refractivity contribution in [3.8, 4) is 0 Å². The molecule has 24 heavy (non-hydrogen) atoms. The van der Waals surface area contributed by atoms with Crippen LogP contribution in [0.3, 0.4) is 0 Å². The monoisotopic (exact) mass is 339 g/mol. The number of hydrogen-bond donors (Lipinski definition) is 0. The number of nitrogens with zero attached hydrogens (tertiary/aromatic N) is 1. The van der Waals surface area contributed by atoms with Crippen molar-refractivity contribution in [2.45, 2.75) is 33.3 Å². The number of amides is 1. The van der Waals surface area contributed by atoms with Gasteiger partial charge in [0.15, 0.2) is 0 Å². The fraction of sp³-hybridized carbons (Fsp3) is 0.556. The first-order valence-electron chi connectivity index (χ1n) is 8.09. The molecular weight excluding hydrogens is 313 g/mol. The molecule has 0 aliphatic rings. The summed E-state index contributed by atoms with van der Waals surface area (Å²) in [6, 6.07) is 5.54. The van der Waals surface area contributed by atoms with Crippen molar-refractivity contribution in [1.82, 2.24) is 4.90 Å². The quantitative estimate of drug-likeness (QED) is 0.513. The first kappa shape index (κ1) is 20.1. The van der Waals surface area contributed by atoms with Gasteiger partial charge in [0.2, 0.25) is 0 Å². The Morgan fingerprint density at radius 2 is 1.96 bits per heavy atom. The third kappa shape index (κ3) is 6.66. The van der Waals surface area contributed by atoms with Crippen LogP contribution in [-0.4, -0.2) is 49.7 Å². The number of hydrogen-bond acceptors (Lipinski definition) is 4. The number of halogens is 1. The van der Waals surface area contributed by atoms with Crippen LogP contribution < -0.4 is 0 Å². The lowest BCUT2D eigenvalue weighted by Crippen LogP contribution is -2.38. The highest BCUT2D eigenvalue weighted by molar-refractivity contribution is 5.94. The van der Waals surface area contributed by atoms with Crippen molar-refractivity contribution < 1.29 is 23.5 Å². The molecule has 1 aromatic carbocycles. The van der Waals surface area contributed by atoms with Gasteiger partial charge in [0.25, 0.3) is 5.91 Å². The average molecular weight is 339 g/mol. The summed E-state index contributed by atoms with van der Waals surface area (Å²) in [7, 11) is 1.31. The van der Waals surface area contributed by atoms with Crippen LogP contribution in [0.1, 0.15) is 37.6 Å². The maximum atomic E-state index is 13.4.